The molecule has 4 heteroatoms. The number of hydrogen-bond acceptors (Lipinski definition) is 4. The highest BCUT2D eigenvalue weighted by molar-refractivity contribution is 5.92. The highest BCUT2D eigenvalue weighted by Gasteiger charge is 2.11. The molecule has 92 valence electrons. The molecule has 0 heterocycles. The van der Waals surface area contributed by atoms with Crippen molar-refractivity contribution in [2.24, 2.45) is 0 Å². The van der Waals surface area contributed by atoms with Crippen LogP contribution < -0.4 is 4.74 Å². The number of benzene rings is 1. The second-order valence-electron chi connectivity index (χ2n) is 3.23. The molecule has 0 saturated heterocycles. The smallest absolute Gasteiger partial charge is 0.341 e. The fraction of sp³-hybridized carbons (Fsp3) is 0.308. The van der Waals surface area contributed by atoms with Gasteiger partial charge < -0.3 is 14.2 Å². The van der Waals surface area contributed by atoms with Crippen molar-refractivity contribution in [3.63, 3.8) is 0 Å². The van der Waals surface area contributed by atoms with Crippen molar-refractivity contribution < 1.29 is 19.0 Å². The fourth-order valence-corrected chi connectivity index (χ4v) is 1.24. The second kappa shape index (κ2) is 7.46. The molecule has 1 aromatic rings. The zero-order valence-electron chi connectivity index (χ0n) is 10.0. The van der Waals surface area contributed by atoms with Gasteiger partial charge in [-0.3, -0.25) is 0 Å². The molecule has 0 amide bonds. The van der Waals surface area contributed by atoms with Gasteiger partial charge in [-0.05, 0) is 18.2 Å². The highest BCUT2D eigenvalue weighted by Crippen LogP contribution is 2.18. The Labute approximate surface area is 101 Å². The number of methoxy groups -OCH3 is 2. The maximum absolute atomic E-state index is 11.4. The number of carbonyl (C=O) groups excluding carboxylic acids is 1. The van der Waals surface area contributed by atoms with E-state index in [1.54, 1.807) is 31.4 Å². The van der Waals surface area contributed by atoms with Gasteiger partial charge in [-0.2, -0.15) is 0 Å². The molecule has 0 atom stereocenters. The van der Waals surface area contributed by atoms with Crippen LogP contribution in [0.3, 0.4) is 0 Å². The van der Waals surface area contributed by atoms with Gasteiger partial charge in [0.15, 0.2) is 0 Å². The number of ether oxygens (including phenoxy) is 3. The molecule has 0 fully saturated rings. The van der Waals surface area contributed by atoms with Crippen molar-refractivity contribution in [1.29, 1.82) is 0 Å². The lowest BCUT2D eigenvalue weighted by Crippen LogP contribution is -2.05. The van der Waals surface area contributed by atoms with Gasteiger partial charge in [0.1, 0.15) is 17.9 Å². The third-order valence-corrected chi connectivity index (χ3v) is 2.06. The molecular formula is C13H16O4. The summed E-state index contributed by atoms with van der Waals surface area (Å²) in [7, 11) is 2.97. The average Bonchev–Trinajstić information content (AvgIpc) is 2.38. The Bertz CT molecular complexity index is 385. The van der Waals surface area contributed by atoms with Crippen molar-refractivity contribution in [3.8, 4) is 5.75 Å². The van der Waals surface area contributed by atoms with E-state index in [0.29, 0.717) is 24.5 Å². The summed E-state index contributed by atoms with van der Waals surface area (Å²) in [5, 5.41) is 0. The minimum Gasteiger partial charge on any atom is -0.489 e. The van der Waals surface area contributed by atoms with E-state index in [2.05, 4.69) is 4.74 Å². The van der Waals surface area contributed by atoms with Crippen molar-refractivity contribution in [2.45, 2.75) is 0 Å². The summed E-state index contributed by atoms with van der Waals surface area (Å²) >= 11 is 0. The molecule has 0 spiro atoms. The zero-order valence-corrected chi connectivity index (χ0v) is 10.0. The molecule has 0 aromatic heterocycles. The second-order valence-corrected chi connectivity index (χ2v) is 3.23. The van der Waals surface area contributed by atoms with Crippen molar-refractivity contribution in [2.75, 3.05) is 27.4 Å². The lowest BCUT2D eigenvalue weighted by molar-refractivity contribution is 0.0596. The van der Waals surface area contributed by atoms with Gasteiger partial charge in [0, 0.05) is 7.11 Å². The first kappa shape index (κ1) is 13.3. The monoisotopic (exact) mass is 236 g/mol. The maximum Gasteiger partial charge on any atom is 0.341 e. The predicted molar refractivity (Wildman–Crippen MR) is 64.3 cm³/mol. The molecule has 1 rings (SSSR count). The first-order valence-electron chi connectivity index (χ1n) is 5.23. The first-order chi connectivity index (χ1) is 8.29. The largest absolute Gasteiger partial charge is 0.489 e. The van der Waals surface area contributed by atoms with Crippen LogP contribution in [-0.2, 0) is 9.47 Å². The Morgan fingerprint density at radius 2 is 1.88 bits per heavy atom. The van der Waals surface area contributed by atoms with E-state index in [1.165, 1.54) is 7.11 Å². The minimum atomic E-state index is -0.401. The van der Waals surface area contributed by atoms with Crippen LogP contribution in [0.25, 0.3) is 0 Å². The van der Waals surface area contributed by atoms with Gasteiger partial charge in [0.2, 0.25) is 0 Å². The van der Waals surface area contributed by atoms with Gasteiger partial charge in [-0.15, -0.1) is 0 Å². The molecule has 0 aliphatic rings. The number of hydrogen-bond donors (Lipinski definition) is 0. The Kier molecular flexibility index (Phi) is 5.82. The van der Waals surface area contributed by atoms with Crippen LogP contribution in [0.15, 0.2) is 36.4 Å². The Morgan fingerprint density at radius 1 is 1.18 bits per heavy atom. The fourth-order valence-electron chi connectivity index (χ4n) is 1.24. The number of esters is 1. The third kappa shape index (κ3) is 4.28. The van der Waals surface area contributed by atoms with Crippen LogP contribution in [0.5, 0.6) is 5.75 Å². The summed E-state index contributed by atoms with van der Waals surface area (Å²) in [6.45, 7) is 0.930. The lowest BCUT2D eigenvalue weighted by Gasteiger charge is -2.07. The molecule has 1 aromatic carbocycles. The Morgan fingerprint density at radius 3 is 2.59 bits per heavy atom. The lowest BCUT2D eigenvalue weighted by atomic mass is 10.2. The van der Waals surface area contributed by atoms with Gasteiger partial charge in [-0.25, -0.2) is 4.79 Å². The molecule has 0 bridgehead atoms. The topological polar surface area (TPSA) is 44.8 Å². The Hall–Kier alpha value is -1.81. The van der Waals surface area contributed by atoms with Crippen LogP contribution in [0.4, 0.5) is 0 Å². The van der Waals surface area contributed by atoms with E-state index in [4.69, 9.17) is 9.47 Å². The van der Waals surface area contributed by atoms with Crippen LogP contribution in [-0.4, -0.2) is 33.4 Å². The average molecular weight is 236 g/mol. The Balaban J connectivity index is 2.61. The normalized spacial score (nSPS) is 10.5. The van der Waals surface area contributed by atoms with Crippen molar-refractivity contribution >= 4 is 5.97 Å². The summed E-state index contributed by atoms with van der Waals surface area (Å²) in [5.41, 5.74) is 0.426. The van der Waals surface area contributed by atoms with Gasteiger partial charge in [-0.1, -0.05) is 18.2 Å². The predicted octanol–water partition coefficient (Wildman–Crippen LogP) is 2.05. The summed E-state index contributed by atoms with van der Waals surface area (Å²) in [6, 6.07) is 6.97. The number of carbonyl (C=O) groups is 1. The molecule has 0 saturated carbocycles. The van der Waals surface area contributed by atoms with Gasteiger partial charge in [0.05, 0.1) is 13.7 Å². The van der Waals surface area contributed by atoms with E-state index in [-0.39, 0.29) is 0 Å². The molecule has 0 N–H and O–H groups in total. The van der Waals surface area contributed by atoms with Crippen LogP contribution >= 0.6 is 0 Å². The van der Waals surface area contributed by atoms with E-state index >= 15 is 0 Å². The van der Waals surface area contributed by atoms with Gasteiger partial charge in [0.25, 0.3) is 0 Å². The minimum absolute atomic E-state index is 0.386. The molecule has 0 aliphatic carbocycles. The molecular weight excluding hydrogens is 220 g/mol. The summed E-state index contributed by atoms with van der Waals surface area (Å²) in [5.74, 6) is 0.114. The van der Waals surface area contributed by atoms with Crippen LogP contribution in [0.2, 0.25) is 0 Å². The van der Waals surface area contributed by atoms with E-state index in [0.717, 1.165) is 0 Å². The number of para-hydroxylation sites is 1. The first-order valence-corrected chi connectivity index (χ1v) is 5.23. The standard InChI is InChI=1S/C13H16O4/c1-15-9-5-6-10-17-12-8-4-3-7-11(12)13(14)16-2/h3-8H,9-10H2,1-2H3/b6-5+. The molecule has 0 aliphatic heterocycles. The van der Waals surface area contributed by atoms with E-state index in [9.17, 15) is 4.79 Å². The number of rotatable bonds is 6. The maximum atomic E-state index is 11.4. The molecule has 0 radical (unpaired) electrons. The summed E-state index contributed by atoms with van der Waals surface area (Å²) < 4.78 is 15.0. The van der Waals surface area contributed by atoms with Crippen LogP contribution in [0, 0.1) is 0 Å². The van der Waals surface area contributed by atoms with E-state index < -0.39 is 5.97 Å². The quantitative estimate of drug-likeness (QED) is 0.560. The summed E-state index contributed by atoms with van der Waals surface area (Å²) in [6.07, 6.45) is 3.68. The highest BCUT2D eigenvalue weighted by atomic mass is 16.5. The van der Waals surface area contributed by atoms with Gasteiger partial charge >= 0.3 is 5.97 Å². The van der Waals surface area contributed by atoms with Crippen molar-refractivity contribution in [1.82, 2.24) is 0 Å². The molecule has 17 heavy (non-hydrogen) atoms. The van der Waals surface area contributed by atoms with Crippen molar-refractivity contribution in [3.05, 3.63) is 42.0 Å². The summed E-state index contributed by atoms with van der Waals surface area (Å²) in [4.78, 5) is 11.4. The van der Waals surface area contributed by atoms with Crippen LogP contribution in [0.1, 0.15) is 10.4 Å². The van der Waals surface area contributed by atoms with E-state index in [1.807, 2.05) is 12.2 Å². The molecule has 4 nitrogen and oxygen atoms in total. The third-order valence-electron chi connectivity index (χ3n) is 2.06. The molecule has 0 unspecified atom stereocenters. The SMILES string of the molecule is COC/C=C/COc1ccccc1C(=O)OC. The zero-order chi connectivity index (χ0) is 12.5.